The van der Waals surface area contributed by atoms with Gasteiger partial charge >= 0.3 is 133 Å². The zero-order valence-corrected chi connectivity index (χ0v) is 41.4. The Morgan fingerprint density at radius 2 is 0.852 bits per heavy atom. The van der Waals surface area contributed by atoms with E-state index in [1.165, 1.54) is 24.3 Å². The Kier molecular flexibility index (Phi) is 28.0. The molecule has 61 heavy (non-hydrogen) atoms. The summed E-state index contributed by atoms with van der Waals surface area (Å²) in [5.41, 5.74) is -3.28. The van der Waals surface area contributed by atoms with E-state index in [0.717, 1.165) is 42.5 Å². The number of benzene rings is 2. The number of rotatable bonds is 28. The van der Waals surface area contributed by atoms with E-state index in [1.807, 2.05) is 0 Å². The van der Waals surface area contributed by atoms with Gasteiger partial charge in [-0.05, 0) is 48.5 Å². The second kappa shape index (κ2) is 29.1. The van der Waals surface area contributed by atoms with Crippen LogP contribution in [-0.4, -0.2) is 127 Å². The third kappa shape index (κ3) is 22.7. The van der Waals surface area contributed by atoms with E-state index >= 15 is 0 Å². The predicted molar refractivity (Wildman–Crippen MR) is 197 cm³/mol. The first-order chi connectivity index (χ1) is 27.8. The third-order valence-electron chi connectivity index (χ3n) is 7.67. The fraction of sp³-hybridized carbons (Fsp3) is 0.378. The molecule has 20 nitrogen and oxygen atoms in total. The van der Waals surface area contributed by atoms with Crippen LogP contribution in [0.3, 0.4) is 0 Å². The largest absolute Gasteiger partial charge is 1.00 e. The molecule has 0 amide bonds. The van der Waals surface area contributed by atoms with Crippen molar-refractivity contribution < 1.29 is 196 Å². The molecule has 0 radical (unpaired) electrons. The molecule has 324 valence electrons. The number of ether oxygens (including phenoxy) is 8. The summed E-state index contributed by atoms with van der Waals surface area (Å²) in [5, 5.41) is 10.6. The first-order valence-electron chi connectivity index (χ1n) is 17.0. The van der Waals surface area contributed by atoms with Crippen molar-refractivity contribution >= 4 is 50.1 Å². The Hall–Kier alpha value is -2.38. The van der Waals surface area contributed by atoms with Crippen molar-refractivity contribution in [2.24, 2.45) is 10.8 Å². The molecule has 0 atom stereocenters. The molecule has 0 saturated heterocycles. The normalized spacial score (nSPS) is 11.3. The molecule has 0 fully saturated rings. The second-order valence-electron chi connectivity index (χ2n) is 12.5. The monoisotopic (exact) mass is 948 g/mol. The van der Waals surface area contributed by atoms with Crippen LogP contribution in [0.15, 0.2) is 96.3 Å². The SMILES string of the molecule is C=CC(=O)OCC(COCC(CO)(COC(=O)CCOc1ccc(S(=O)(=O)[O-])cc1)COC(=O)CCOc1ccc(S(=O)(=O)[O-])cc1)(COC(=O)C=C)COC(=O)C=C.[K+].[K+]. The molecular weight excluding hydrogens is 907 g/mol. The molecule has 0 aliphatic carbocycles. The van der Waals surface area contributed by atoms with Crippen molar-refractivity contribution in [2.75, 3.05) is 66.1 Å². The average Bonchev–Trinajstić information content (AvgIpc) is 3.21. The molecule has 2 aromatic carbocycles. The predicted octanol–water partition coefficient (Wildman–Crippen LogP) is -5.00. The number of carbonyl (C=O) groups excluding carboxylic acids is 5. The summed E-state index contributed by atoms with van der Waals surface area (Å²) in [4.78, 5) is 60.5. The van der Waals surface area contributed by atoms with Crippen molar-refractivity contribution in [2.45, 2.75) is 22.6 Å². The van der Waals surface area contributed by atoms with Crippen LogP contribution in [0.2, 0.25) is 0 Å². The van der Waals surface area contributed by atoms with E-state index in [2.05, 4.69) is 19.7 Å². The van der Waals surface area contributed by atoms with Crippen molar-refractivity contribution in [3.63, 3.8) is 0 Å². The molecule has 0 aliphatic rings. The van der Waals surface area contributed by atoms with Gasteiger partial charge in [0.2, 0.25) is 0 Å². The van der Waals surface area contributed by atoms with Crippen LogP contribution in [0, 0.1) is 10.8 Å². The van der Waals surface area contributed by atoms with Gasteiger partial charge in [0.15, 0.2) is 0 Å². The van der Waals surface area contributed by atoms with Gasteiger partial charge in [-0.15, -0.1) is 0 Å². The fourth-order valence-corrected chi connectivity index (χ4v) is 5.31. The van der Waals surface area contributed by atoms with Crippen LogP contribution in [0.5, 0.6) is 11.5 Å². The first-order valence-corrected chi connectivity index (χ1v) is 19.9. The Bertz CT molecular complexity index is 1850. The van der Waals surface area contributed by atoms with E-state index in [1.54, 1.807) is 0 Å². The van der Waals surface area contributed by atoms with Crippen molar-refractivity contribution in [1.82, 2.24) is 0 Å². The Labute approximate surface area is 437 Å². The topological polar surface area (TPSA) is 294 Å². The van der Waals surface area contributed by atoms with Crippen molar-refractivity contribution in [1.29, 1.82) is 0 Å². The summed E-state index contributed by atoms with van der Waals surface area (Å²) in [6.45, 7) is 4.54. The van der Waals surface area contributed by atoms with Crippen LogP contribution >= 0.6 is 0 Å². The van der Waals surface area contributed by atoms with Gasteiger partial charge in [-0.1, -0.05) is 19.7 Å². The van der Waals surface area contributed by atoms with Gasteiger partial charge in [0, 0.05) is 18.2 Å². The molecule has 0 aromatic heterocycles. The Balaban J connectivity index is 0.0000180. The van der Waals surface area contributed by atoms with Crippen molar-refractivity contribution in [3.8, 4) is 11.5 Å². The number of carbonyl (C=O) groups is 5. The summed E-state index contributed by atoms with van der Waals surface area (Å²) in [7, 11) is -9.38. The number of aliphatic hydroxyl groups is 1. The molecule has 0 spiro atoms. The van der Waals surface area contributed by atoms with Gasteiger partial charge in [-0.2, -0.15) is 0 Å². The summed E-state index contributed by atoms with van der Waals surface area (Å²) in [5.74, 6) is -4.15. The molecule has 0 saturated carbocycles. The number of esters is 5. The molecule has 2 rings (SSSR count). The molecule has 0 heterocycles. The molecule has 1 N–H and O–H groups in total. The zero-order chi connectivity index (χ0) is 44.1. The zero-order valence-electron chi connectivity index (χ0n) is 33.5. The summed E-state index contributed by atoms with van der Waals surface area (Å²) in [6, 6.07) is 8.90. The summed E-state index contributed by atoms with van der Waals surface area (Å²) in [6.07, 6.45) is 1.80. The maximum Gasteiger partial charge on any atom is 1.00 e. The van der Waals surface area contributed by atoms with E-state index in [0.29, 0.717) is 0 Å². The number of aliphatic hydroxyl groups excluding tert-OH is 1. The number of hydrogen-bond acceptors (Lipinski definition) is 20. The maximum absolute atomic E-state index is 12.7. The summed E-state index contributed by atoms with van der Waals surface area (Å²) < 4.78 is 110. The van der Waals surface area contributed by atoms with Gasteiger partial charge < -0.3 is 52.1 Å². The molecule has 0 aliphatic heterocycles. The smallest absolute Gasteiger partial charge is 0.744 e. The van der Waals surface area contributed by atoms with Crippen LogP contribution < -0.4 is 112 Å². The Morgan fingerprint density at radius 1 is 0.541 bits per heavy atom. The maximum atomic E-state index is 12.7. The average molecular weight is 949 g/mol. The van der Waals surface area contributed by atoms with Crippen LogP contribution in [0.25, 0.3) is 0 Å². The summed E-state index contributed by atoms with van der Waals surface area (Å²) >= 11 is 0. The van der Waals surface area contributed by atoms with Gasteiger partial charge in [-0.3, -0.25) is 9.59 Å². The van der Waals surface area contributed by atoms with Crippen molar-refractivity contribution in [3.05, 3.63) is 86.5 Å². The van der Waals surface area contributed by atoms with E-state index in [4.69, 9.17) is 37.9 Å². The van der Waals surface area contributed by atoms with E-state index in [-0.39, 0.29) is 140 Å². The van der Waals surface area contributed by atoms with Gasteiger partial charge in [0.1, 0.15) is 64.8 Å². The minimum atomic E-state index is -4.69. The van der Waals surface area contributed by atoms with E-state index in [9.17, 15) is 55.0 Å². The van der Waals surface area contributed by atoms with Gasteiger partial charge in [0.25, 0.3) is 0 Å². The van der Waals surface area contributed by atoms with E-state index < -0.39 is 124 Å². The van der Waals surface area contributed by atoms with Crippen LogP contribution in [-0.2, 0) is 72.6 Å². The Morgan fingerprint density at radius 3 is 1.15 bits per heavy atom. The molecule has 0 bridgehead atoms. The minimum absolute atomic E-state index is 0. The first kappa shape index (κ1) is 58.6. The van der Waals surface area contributed by atoms with Crippen LogP contribution in [0.1, 0.15) is 12.8 Å². The van der Waals surface area contributed by atoms with Gasteiger partial charge in [0.05, 0.1) is 66.5 Å². The van der Waals surface area contributed by atoms with Gasteiger partial charge in [-0.25, -0.2) is 31.2 Å². The fourth-order valence-electron chi connectivity index (χ4n) is 4.37. The molecule has 2 aromatic rings. The molecule has 24 heteroatoms. The molecular formula is C37H42K2O20S2. The quantitative estimate of drug-likeness (QED) is 0.0275. The van der Waals surface area contributed by atoms with Crippen LogP contribution in [0.4, 0.5) is 0 Å². The number of hydrogen-bond donors (Lipinski definition) is 1. The standard InChI is InChI=1S/C37H44O20S2.2K/c1-4-31(39)53-24-37(25-54-32(40)5-2,26-55-33(41)6-3)21-50-20-36(19-38,22-56-34(42)15-17-51-27-7-11-29(12-8-27)58(44,45)46)23-57-35(43)16-18-52-28-9-13-30(14-10-28)59(47,48)49;;/h4-14,38H,1-3,15-26H2,(H,44,45,46)(H,47,48,49);;/q;2*+1/p-2. The third-order valence-corrected chi connectivity index (χ3v) is 9.37. The minimum Gasteiger partial charge on any atom is -0.744 e. The second-order valence-corrected chi connectivity index (χ2v) is 15.2. The molecule has 0 unspecified atom stereocenters.